The molecule has 0 aliphatic carbocycles. The molecule has 6 heteroatoms. The van der Waals surface area contributed by atoms with Crippen LogP contribution in [0.1, 0.15) is 13.3 Å². The van der Waals surface area contributed by atoms with E-state index in [4.69, 9.17) is 5.11 Å². The number of halogens is 4. The first kappa shape index (κ1) is 12.8. The zero-order chi connectivity index (χ0) is 12.3. The van der Waals surface area contributed by atoms with Gasteiger partial charge < -0.3 is 9.84 Å². The first-order chi connectivity index (χ1) is 7.43. The van der Waals surface area contributed by atoms with Gasteiger partial charge in [0.2, 0.25) is 11.6 Å². The SMILES string of the molecule is CC(O)CCOc1c(F)c(F)cc(F)c1F. The van der Waals surface area contributed by atoms with Crippen molar-refractivity contribution in [2.24, 2.45) is 0 Å². The van der Waals surface area contributed by atoms with Crippen molar-refractivity contribution in [3.8, 4) is 5.75 Å². The Morgan fingerprint density at radius 3 is 2.12 bits per heavy atom. The fourth-order valence-corrected chi connectivity index (χ4v) is 1.01. The van der Waals surface area contributed by atoms with Gasteiger partial charge in [0.05, 0.1) is 12.7 Å². The number of hydrogen-bond acceptors (Lipinski definition) is 2. The molecule has 0 aliphatic heterocycles. The molecule has 0 amide bonds. The van der Waals surface area contributed by atoms with Crippen molar-refractivity contribution in [2.75, 3.05) is 6.61 Å². The number of hydrogen-bond donors (Lipinski definition) is 1. The second kappa shape index (κ2) is 5.16. The van der Waals surface area contributed by atoms with Crippen LogP contribution in [0.2, 0.25) is 0 Å². The van der Waals surface area contributed by atoms with Crippen LogP contribution in [0, 0.1) is 23.3 Å². The van der Waals surface area contributed by atoms with Gasteiger partial charge in [0.25, 0.3) is 0 Å². The minimum absolute atomic E-state index is 0.0943. The van der Waals surface area contributed by atoms with Gasteiger partial charge in [0.1, 0.15) is 0 Å². The van der Waals surface area contributed by atoms with E-state index in [1.165, 1.54) is 6.92 Å². The Balaban J connectivity index is 2.86. The van der Waals surface area contributed by atoms with E-state index in [1.807, 2.05) is 0 Å². The smallest absolute Gasteiger partial charge is 0.203 e. The van der Waals surface area contributed by atoms with Gasteiger partial charge in [0.15, 0.2) is 17.4 Å². The Morgan fingerprint density at radius 2 is 1.69 bits per heavy atom. The molecule has 0 aromatic heterocycles. The number of aliphatic hydroxyl groups is 1. The molecule has 1 atom stereocenters. The van der Waals surface area contributed by atoms with E-state index in [0.29, 0.717) is 0 Å². The van der Waals surface area contributed by atoms with E-state index in [1.54, 1.807) is 0 Å². The van der Waals surface area contributed by atoms with Crippen molar-refractivity contribution in [2.45, 2.75) is 19.4 Å². The lowest BCUT2D eigenvalue weighted by atomic mass is 10.3. The monoisotopic (exact) mass is 238 g/mol. The molecule has 1 rings (SSSR count). The maximum absolute atomic E-state index is 13.0. The summed E-state index contributed by atoms with van der Waals surface area (Å²) in [7, 11) is 0. The van der Waals surface area contributed by atoms with E-state index in [0.717, 1.165) is 0 Å². The molecule has 0 bridgehead atoms. The number of benzene rings is 1. The summed E-state index contributed by atoms with van der Waals surface area (Å²) in [5.74, 6) is -7.30. The third kappa shape index (κ3) is 2.85. The summed E-state index contributed by atoms with van der Waals surface area (Å²) in [4.78, 5) is 0. The summed E-state index contributed by atoms with van der Waals surface area (Å²) in [6.07, 6.45) is -0.638. The molecular formula is C10H10F4O2. The first-order valence-electron chi connectivity index (χ1n) is 4.57. The van der Waals surface area contributed by atoms with Crippen LogP contribution in [0.4, 0.5) is 17.6 Å². The average molecular weight is 238 g/mol. The summed E-state index contributed by atoms with van der Waals surface area (Å²) in [6, 6.07) is 0.103. The third-order valence-corrected chi connectivity index (χ3v) is 1.85. The van der Waals surface area contributed by atoms with Crippen molar-refractivity contribution in [1.29, 1.82) is 0 Å². The van der Waals surface area contributed by atoms with Crippen LogP contribution in [0.15, 0.2) is 6.07 Å². The van der Waals surface area contributed by atoms with Crippen molar-refractivity contribution < 1.29 is 27.4 Å². The van der Waals surface area contributed by atoms with Gasteiger partial charge in [-0.3, -0.25) is 0 Å². The molecule has 0 heterocycles. The van der Waals surface area contributed by atoms with Gasteiger partial charge in [-0.05, 0) is 6.92 Å². The highest BCUT2D eigenvalue weighted by Crippen LogP contribution is 2.26. The fourth-order valence-electron chi connectivity index (χ4n) is 1.01. The molecule has 0 aliphatic rings. The molecular weight excluding hydrogens is 228 g/mol. The molecule has 16 heavy (non-hydrogen) atoms. The largest absolute Gasteiger partial charge is 0.487 e. The van der Waals surface area contributed by atoms with Crippen molar-refractivity contribution in [1.82, 2.24) is 0 Å². The molecule has 0 radical (unpaired) electrons. The Labute approximate surface area is 89.5 Å². The maximum atomic E-state index is 13.0. The molecule has 1 N–H and O–H groups in total. The molecule has 0 fully saturated rings. The molecule has 1 unspecified atom stereocenters. The Kier molecular flexibility index (Phi) is 4.12. The van der Waals surface area contributed by atoms with Crippen molar-refractivity contribution in [3.05, 3.63) is 29.3 Å². The Morgan fingerprint density at radius 1 is 1.19 bits per heavy atom. The second-order valence-corrected chi connectivity index (χ2v) is 3.28. The number of aliphatic hydroxyl groups excluding tert-OH is 1. The molecule has 1 aromatic rings. The molecule has 0 saturated carbocycles. The quantitative estimate of drug-likeness (QED) is 0.644. The summed E-state index contributed by atoms with van der Waals surface area (Å²) in [5, 5.41) is 8.86. The highest BCUT2D eigenvalue weighted by Gasteiger charge is 2.20. The zero-order valence-corrected chi connectivity index (χ0v) is 8.44. The molecule has 0 spiro atoms. The van der Waals surface area contributed by atoms with Crippen LogP contribution in [0.5, 0.6) is 5.75 Å². The minimum Gasteiger partial charge on any atom is -0.487 e. The molecule has 1 aromatic carbocycles. The predicted molar refractivity (Wildman–Crippen MR) is 48.1 cm³/mol. The fraction of sp³-hybridized carbons (Fsp3) is 0.400. The van der Waals surface area contributed by atoms with Crippen LogP contribution < -0.4 is 4.74 Å². The molecule has 2 nitrogen and oxygen atoms in total. The average Bonchev–Trinajstić information content (AvgIpc) is 2.20. The normalized spacial score (nSPS) is 12.6. The van der Waals surface area contributed by atoms with Crippen LogP contribution in [0.3, 0.4) is 0 Å². The van der Waals surface area contributed by atoms with E-state index < -0.39 is 35.1 Å². The summed E-state index contributed by atoms with van der Waals surface area (Å²) in [5.41, 5.74) is 0. The lowest BCUT2D eigenvalue weighted by Crippen LogP contribution is -2.10. The van der Waals surface area contributed by atoms with E-state index in [2.05, 4.69) is 4.74 Å². The summed E-state index contributed by atoms with van der Waals surface area (Å²) >= 11 is 0. The predicted octanol–water partition coefficient (Wildman–Crippen LogP) is 2.39. The third-order valence-electron chi connectivity index (χ3n) is 1.85. The highest BCUT2D eigenvalue weighted by molar-refractivity contribution is 5.28. The van der Waals surface area contributed by atoms with Gasteiger partial charge in [-0.2, -0.15) is 8.78 Å². The van der Waals surface area contributed by atoms with E-state index in [-0.39, 0.29) is 19.1 Å². The number of ether oxygens (including phenoxy) is 1. The van der Waals surface area contributed by atoms with Crippen LogP contribution >= 0.6 is 0 Å². The highest BCUT2D eigenvalue weighted by atomic mass is 19.2. The Hall–Kier alpha value is -1.30. The van der Waals surface area contributed by atoms with E-state index in [9.17, 15) is 17.6 Å². The van der Waals surface area contributed by atoms with E-state index >= 15 is 0 Å². The molecule has 0 saturated heterocycles. The number of rotatable bonds is 4. The van der Waals surface area contributed by atoms with Gasteiger partial charge in [0, 0.05) is 12.5 Å². The Bertz CT molecular complexity index is 353. The summed E-state index contributed by atoms with van der Waals surface area (Å²) < 4.78 is 55.9. The standard InChI is InChI=1S/C10H10F4O2/c1-5(15)2-3-16-10-8(13)6(11)4-7(12)9(10)14/h4-5,15H,2-3H2,1H3. The van der Waals surface area contributed by atoms with Crippen molar-refractivity contribution >= 4 is 0 Å². The molecule has 90 valence electrons. The second-order valence-electron chi connectivity index (χ2n) is 3.28. The van der Waals surface area contributed by atoms with Crippen LogP contribution in [-0.4, -0.2) is 17.8 Å². The van der Waals surface area contributed by atoms with Crippen LogP contribution in [0.25, 0.3) is 0 Å². The first-order valence-corrected chi connectivity index (χ1v) is 4.57. The lowest BCUT2D eigenvalue weighted by molar-refractivity contribution is 0.150. The topological polar surface area (TPSA) is 29.5 Å². The zero-order valence-electron chi connectivity index (χ0n) is 8.44. The lowest BCUT2D eigenvalue weighted by Gasteiger charge is -2.10. The summed E-state index contributed by atoms with van der Waals surface area (Å²) in [6.45, 7) is 1.20. The van der Waals surface area contributed by atoms with Crippen molar-refractivity contribution in [3.63, 3.8) is 0 Å². The minimum atomic E-state index is -1.58. The van der Waals surface area contributed by atoms with Crippen LogP contribution in [-0.2, 0) is 0 Å². The maximum Gasteiger partial charge on any atom is 0.203 e. The van der Waals surface area contributed by atoms with Gasteiger partial charge >= 0.3 is 0 Å². The van der Waals surface area contributed by atoms with Gasteiger partial charge in [-0.25, -0.2) is 8.78 Å². The van der Waals surface area contributed by atoms with Gasteiger partial charge in [-0.1, -0.05) is 0 Å². The van der Waals surface area contributed by atoms with Gasteiger partial charge in [-0.15, -0.1) is 0 Å².